The molecule has 2 aromatic rings. The maximum atomic E-state index is 9.53. The van der Waals surface area contributed by atoms with Crippen molar-refractivity contribution in [3.05, 3.63) is 29.1 Å². The number of aromatic hydroxyl groups is 1. The third-order valence-corrected chi connectivity index (χ3v) is 3.31. The molecule has 0 aliphatic carbocycles. The predicted octanol–water partition coefficient (Wildman–Crippen LogP) is 2.63. The van der Waals surface area contributed by atoms with Crippen LogP contribution in [0.4, 0.5) is 0 Å². The molecule has 1 heterocycles. The first kappa shape index (κ1) is 8.53. The zero-order valence-electron chi connectivity index (χ0n) is 7.32. The van der Waals surface area contributed by atoms with Crippen molar-refractivity contribution in [1.29, 1.82) is 0 Å². The highest BCUT2D eigenvalue weighted by atomic mass is 32.1. The van der Waals surface area contributed by atoms with Crippen LogP contribution in [0.3, 0.4) is 0 Å². The summed E-state index contributed by atoms with van der Waals surface area (Å²) in [5.74, 6) is 0.334. The monoisotopic (exact) mass is 193 g/mol. The van der Waals surface area contributed by atoms with E-state index >= 15 is 0 Å². The predicted molar refractivity (Wildman–Crippen MR) is 56.1 cm³/mol. The van der Waals surface area contributed by atoms with E-state index in [-0.39, 0.29) is 6.04 Å². The van der Waals surface area contributed by atoms with Crippen LogP contribution in [0.2, 0.25) is 0 Å². The topological polar surface area (TPSA) is 46.2 Å². The van der Waals surface area contributed by atoms with Gasteiger partial charge in [-0.3, -0.25) is 0 Å². The summed E-state index contributed by atoms with van der Waals surface area (Å²) < 4.78 is 1.09. The first-order chi connectivity index (χ1) is 6.18. The molecule has 0 amide bonds. The smallest absolute Gasteiger partial charge is 0.124 e. The minimum Gasteiger partial charge on any atom is -0.507 e. The Balaban J connectivity index is 2.68. The van der Waals surface area contributed by atoms with Crippen molar-refractivity contribution in [3.8, 4) is 5.75 Å². The quantitative estimate of drug-likeness (QED) is 0.731. The molecule has 0 aliphatic rings. The van der Waals surface area contributed by atoms with Crippen molar-refractivity contribution in [1.82, 2.24) is 0 Å². The fourth-order valence-corrected chi connectivity index (χ4v) is 2.33. The van der Waals surface area contributed by atoms with Gasteiger partial charge in [0.25, 0.3) is 0 Å². The molecule has 0 fully saturated rings. The van der Waals surface area contributed by atoms with Gasteiger partial charge >= 0.3 is 0 Å². The number of rotatable bonds is 1. The molecule has 68 valence electrons. The van der Waals surface area contributed by atoms with Crippen LogP contribution < -0.4 is 5.73 Å². The maximum absolute atomic E-state index is 9.53. The van der Waals surface area contributed by atoms with E-state index < -0.39 is 0 Å². The van der Waals surface area contributed by atoms with Crippen LogP contribution in [0, 0.1) is 0 Å². The van der Waals surface area contributed by atoms with Gasteiger partial charge in [-0.05, 0) is 25.1 Å². The van der Waals surface area contributed by atoms with Crippen LogP contribution in [0.15, 0.2) is 24.3 Å². The average Bonchev–Trinajstić information content (AvgIpc) is 2.49. The summed E-state index contributed by atoms with van der Waals surface area (Å²) in [6.45, 7) is 1.95. The first-order valence-corrected chi connectivity index (χ1v) is 4.97. The van der Waals surface area contributed by atoms with Crippen molar-refractivity contribution in [3.63, 3.8) is 0 Å². The van der Waals surface area contributed by atoms with Crippen LogP contribution in [0.1, 0.15) is 17.8 Å². The second kappa shape index (κ2) is 3.01. The van der Waals surface area contributed by atoms with E-state index in [1.807, 2.05) is 25.1 Å². The van der Waals surface area contributed by atoms with Gasteiger partial charge < -0.3 is 10.8 Å². The largest absolute Gasteiger partial charge is 0.507 e. The molecule has 2 rings (SSSR count). The van der Waals surface area contributed by atoms with Crippen molar-refractivity contribution in [2.75, 3.05) is 0 Å². The summed E-state index contributed by atoms with van der Waals surface area (Å²) in [6.07, 6.45) is 0. The van der Waals surface area contributed by atoms with Crippen LogP contribution >= 0.6 is 11.3 Å². The van der Waals surface area contributed by atoms with Gasteiger partial charge in [-0.2, -0.15) is 0 Å². The number of benzene rings is 1. The third kappa shape index (κ3) is 1.41. The molecule has 0 bridgehead atoms. The molecule has 0 saturated carbocycles. The molecular formula is C10H11NOS. The standard InChI is InChI=1S/C10H11NOS/c1-6(11)10-5-7-8(12)3-2-4-9(7)13-10/h2-6,12H,11H2,1H3. The van der Waals surface area contributed by atoms with Crippen molar-refractivity contribution in [2.24, 2.45) is 5.73 Å². The molecule has 0 saturated heterocycles. The Labute approximate surface area is 80.6 Å². The van der Waals surface area contributed by atoms with Gasteiger partial charge in [0, 0.05) is 21.0 Å². The summed E-state index contributed by atoms with van der Waals surface area (Å²) in [4.78, 5) is 1.11. The molecule has 1 aromatic carbocycles. The van der Waals surface area contributed by atoms with Crippen LogP contribution in [0.25, 0.3) is 10.1 Å². The lowest BCUT2D eigenvalue weighted by Gasteiger charge is -1.96. The lowest BCUT2D eigenvalue weighted by atomic mass is 10.2. The highest BCUT2D eigenvalue weighted by molar-refractivity contribution is 7.19. The molecular weight excluding hydrogens is 182 g/mol. The molecule has 1 unspecified atom stereocenters. The van der Waals surface area contributed by atoms with Crippen molar-refractivity contribution in [2.45, 2.75) is 13.0 Å². The van der Waals surface area contributed by atoms with E-state index in [0.29, 0.717) is 5.75 Å². The fraction of sp³-hybridized carbons (Fsp3) is 0.200. The maximum Gasteiger partial charge on any atom is 0.124 e. The third-order valence-electron chi connectivity index (χ3n) is 2.01. The number of fused-ring (bicyclic) bond motifs is 1. The van der Waals surface area contributed by atoms with Crippen molar-refractivity contribution >= 4 is 21.4 Å². The van der Waals surface area contributed by atoms with Gasteiger partial charge in [-0.15, -0.1) is 11.3 Å². The summed E-state index contributed by atoms with van der Waals surface area (Å²) in [5, 5.41) is 10.4. The fourth-order valence-electron chi connectivity index (χ4n) is 1.29. The number of hydrogen-bond acceptors (Lipinski definition) is 3. The summed E-state index contributed by atoms with van der Waals surface area (Å²) in [7, 11) is 0. The van der Waals surface area contributed by atoms with Gasteiger partial charge in [0.1, 0.15) is 5.75 Å². The Morgan fingerprint density at radius 2 is 2.23 bits per heavy atom. The first-order valence-electron chi connectivity index (χ1n) is 4.15. The Bertz CT molecular complexity index is 433. The van der Waals surface area contributed by atoms with Gasteiger partial charge in [-0.1, -0.05) is 6.07 Å². The molecule has 1 aromatic heterocycles. The van der Waals surface area contributed by atoms with Gasteiger partial charge in [0.05, 0.1) is 0 Å². The lowest BCUT2D eigenvalue weighted by Crippen LogP contribution is -2.01. The average molecular weight is 193 g/mol. The lowest BCUT2D eigenvalue weighted by molar-refractivity contribution is 0.482. The van der Waals surface area contributed by atoms with Gasteiger partial charge in [0.2, 0.25) is 0 Å². The molecule has 0 aliphatic heterocycles. The second-order valence-corrected chi connectivity index (χ2v) is 4.24. The molecule has 0 spiro atoms. The normalized spacial score (nSPS) is 13.4. The molecule has 3 N–H and O–H groups in total. The van der Waals surface area contributed by atoms with E-state index in [1.54, 1.807) is 17.4 Å². The second-order valence-electron chi connectivity index (χ2n) is 3.13. The summed E-state index contributed by atoms with van der Waals surface area (Å²) >= 11 is 1.63. The molecule has 1 atom stereocenters. The van der Waals surface area contributed by atoms with Crippen LogP contribution in [0.5, 0.6) is 5.75 Å². The summed E-state index contributed by atoms with van der Waals surface area (Å²) in [6, 6.07) is 7.53. The molecule has 3 heteroatoms. The van der Waals surface area contributed by atoms with E-state index in [4.69, 9.17) is 5.73 Å². The number of thiophene rings is 1. The Morgan fingerprint density at radius 3 is 2.85 bits per heavy atom. The molecule has 2 nitrogen and oxygen atoms in total. The minimum absolute atomic E-state index is 0.0387. The summed E-state index contributed by atoms with van der Waals surface area (Å²) in [5.41, 5.74) is 5.76. The number of nitrogens with two attached hydrogens (primary N) is 1. The van der Waals surface area contributed by atoms with E-state index in [0.717, 1.165) is 15.0 Å². The van der Waals surface area contributed by atoms with E-state index in [2.05, 4.69) is 0 Å². The van der Waals surface area contributed by atoms with Crippen LogP contribution in [-0.4, -0.2) is 5.11 Å². The number of hydrogen-bond donors (Lipinski definition) is 2. The SMILES string of the molecule is CC(N)c1cc2c(O)cccc2s1. The van der Waals surface area contributed by atoms with E-state index in [1.165, 1.54) is 0 Å². The van der Waals surface area contributed by atoms with Crippen LogP contribution in [-0.2, 0) is 0 Å². The number of phenolic OH excluding ortho intramolecular Hbond substituents is 1. The highest BCUT2D eigenvalue weighted by Gasteiger charge is 2.07. The Morgan fingerprint density at radius 1 is 1.46 bits per heavy atom. The highest BCUT2D eigenvalue weighted by Crippen LogP contribution is 2.33. The van der Waals surface area contributed by atoms with Gasteiger partial charge in [0.15, 0.2) is 0 Å². The number of phenols is 1. The minimum atomic E-state index is 0.0387. The van der Waals surface area contributed by atoms with E-state index in [9.17, 15) is 5.11 Å². The Kier molecular flexibility index (Phi) is 1.98. The molecule has 0 radical (unpaired) electrons. The zero-order chi connectivity index (χ0) is 9.42. The van der Waals surface area contributed by atoms with Gasteiger partial charge in [-0.25, -0.2) is 0 Å². The molecule has 13 heavy (non-hydrogen) atoms. The van der Waals surface area contributed by atoms with Crippen molar-refractivity contribution < 1.29 is 5.11 Å². The zero-order valence-corrected chi connectivity index (χ0v) is 8.14. The Hall–Kier alpha value is -1.06.